The molecule has 2 atom stereocenters. The van der Waals surface area contributed by atoms with Crippen LogP contribution in [0.5, 0.6) is 0 Å². The molecule has 33 heavy (non-hydrogen) atoms. The van der Waals surface area contributed by atoms with Gasteiger partial charge in [-0.05, 0) is 45.6 Å². The van der Waals surface area contributed by atoms with Crippen LogP contribution in [0.3, 0.4) is 0 Å². The number of carbonyl (C=O) groups is 2. The summed E-state index contributed by atoms with van der Waals surface area (Å²) in [6, 6.07) is 1.80. The van der Waals surface area contributed by atoms with Gasteiger partial charge in [0.2, 0.25) is 5.91 Å². The van der Waals surface area contributed by atoms with Crippen molar-refractivity contribution in [2.24, 2.45) is 11.3 Å². The summed E-state index contributed by atoms with van der Waals surface area (Å²) in [7, 11) is 0. The van der Waals surface area contributed by atoms with E-state index in [-0.39, 0.29) is 17.4 Å². The van der Waals surface area contributed by atoms with Gasteiger partial charge >= 0.3 is 6.09 Å². The molecule has 0 aromatic carbocycles. The number of nitrogens with zero attached hydrogens (tertiary/aromatic N) is 5. The molecular weight excluding hydrogens is 438 g/mol. The molecule has 0 radical (unpaired) electrons. The van der Waals surface area contributed by atoms with Crippen molar-refractivity contribution >= 4 is 39.4 Å². The summed E-state index contributed by atoms with van der Waals surface area (Å²) in [6.45, 7) is 13.7. The molecule has 178 valence electrons. The van der Waals surface area contributed by atoms with Gasteiger partial charge in [-0.1, -0.05) is 13.8 Å². The minimum absolute atomic E-state index is 0.0594. The molecule has 9 heteroatoms. The van der Waals surface area contributed by atoms with Gasteiger partial charge in [-0.15, -0.1) is 11.3 Å². The molecule has 0 saturated carbocycles. The average molecular weight is 472 g/mol. The zero-order chi connectivity index (χ0) is 23.5. The molecule has 3 saturated heterocycles. The highest BCUT2D eigenvalue weighted by atomic mass is 32.1. The number of aromatic nitrogens is 2. The van der Waals surface area contributed by atoms with Crippen molar-refractivity contribution in [3.05, 3.63) is 17.3 Å². The predicted molar refractivity (Wildman–Crippen MR) is 129 cm³/mol. The first-order valence-corrected chi connectivity index (χ1v) is 12.7. The third kappa shape index (κ3) is 4.05. The van der Waals surface area contributed by atoms with E-state index in [1.165, 1.54) is 4.88 Å². The summed E-state index contributed by atoms with van der Waals surface area (Å²) in [5.41, 5.74) is -0.434. The Morgan fingerprint density at radius 1 is 1.21 bits per heavy atom. The van der Waals surface area contributed by atoms with Gasteiger partial charge in [0.15, 0.2) is 0 Å². The molecule has 2 aromatic rings. The van der Waals surface area contributed by atoms with E-state index >= 15 is 0 Å². The fraction of sp³-hybridized carbons (Fsp3) is 0.667. The van der Waals surface area contributed by atoms with Crippen LogP contribution in [0.15, 0.2) is 12.4 Å². The molecule has 3 aliphatic heterocycles. The Hall–Kier alpha value is -2.42. The van der Waals surface area contributed by atoms with Crippen LogP contribution >= 0.6 is 11.3 Å². The van der Waals surface area contributed by atoms with Crippen molar-refractivity contribution in [1.29, 1.82) is 0 Å². The van der Waals surface area contributed by atoms with Gasteiger partial charge in [0.05, 0.1) is 5.39 Å². The van der Waals surface area contributed by atoms with E-state index in [4.69, 9.17) is 4.74 Å². The lowest BCUT2D eigenvalue weighted by atomic mass is 9.72. The van der Waals surface area contributed by atoms with Crippen LogP contribution in [0.1, 0.15) is 45.9 Å². The zero-order valence-corrected chi connectivity index (χ0v) is 20.9. The van der Waals surface area contributed by atoms with E-state index in [9.17, 15) is 9.59 Å². The number of ether oxygens (including phenoxy) is 1. The van der Waals surface area contributed by atoms with E-state index in [0.717, 1.165) is 48.6 Å². The normalized spacial score (nSPS) is 24.2. The third-order valence-electron chi connectivity index (χ3n) is 6.85. The second kappa shape index (κ2) is 7.82. The monoisotopic (exact) mass is 471 g/mol. The molecular formula is C24H33N5O3S. The number of hydrogen-bond donors (Lipinski definition) is 0. The van der Waals surface area contributed by atoms with Gasteiger partial charge in [0.1, 0.15) is 28.6 Å². The zero-order valence-electron chi connectivity index (χ0n) is 20.1. The second-order valence-corrected chi connectivity index (χ2v) is 12.1. The minimum Gasteiger partial charge on any atom is -0.444 e. The van der Waals surface area contributed by atoms with E-state index in [2.05, 4.69) is 34.8 Å². The summed E-state index contributed by atoms with van der Waals surface area (Å²) < 4.78 is 5.56. The van der Waals surface area contributed by atoms with Gasteiger partial charge in [-0.25, -0.2) is 14.8 Å². The summed E-state index contributed by atoms with van der Waals surface area (Å²) in [5.74, 6) is 1.36. The standard InChI is InChI=1S/C24H33N5O3S/c1-6-16-8-17-19(25-14-26-20(17)33-16)27-10-24(11-27)12-28(13-24)21(30)18-7-15(2)9-29(18)22(31)32-23(3,4)5/h8,14-15,18H,6-7,9-13H2,1-5H3/t15-,18-/m0/s1. The van der Waals surface area contributed by atoms with E-state index < -0.39 is 11.6 Å². The molecule has 2 aromatic heterocycles. The Morgan fingerprint density at radius 3 is 2.61 bits per heavy atom. The topological polar surface area (TPSA) is 78.9 Å². The molecule has 3 fully saturated rings. The first-order chi connectivity index (χ1) is 15.6. The van der Waals surface area contributed by atoms with E-state index in [1.807, 2.05) is 25.7 Å². The Kier molecular flexibility index (Phi) is 5.30. The fourth-order valence-corrected chi connectivity index (χ4v) is 6.29. The number of thiophene rings is 1. The summed E-state index contributed by atoms with van der Waals surface area (Å²) >= 11 is 1.73. The highest BCUT2D eigenvalue weighted by Crippen LogP contribution is 2.44. The second-order valence-electron chi connectivity index (χ2n) is 11.0. The van der Waals surface area contributed by atoms with Crippen LogP contribution in [0.25, 0.3) is 10.2 Å². The van der Waals surface area contributed by atoms with Crippen LogP contribution < -0.4 is 4.90 Å². The van der Waals surface area contributed by atoms with Gasteiger partial charge in [0, 0.05) is 43.0 Å². The Balaban J connectivity index is 1.21. The number of carbonyl (C=O) groups excluding carboxylic acids is 2. The van der Waals surface area contributed by atoms with Gasteiger partial charge in [-0.2, -0.15) is 0 Å². The molecule has 5 rings (SSSR count). The van der Waals surface area contributed by atoms with Crippen LogP contribution in [0.2, 0.25) is 0 Å². The lowest BCUT2D eigenvalue weighted by molar-refractivity contribution is -0.150. The third-order valence-corrected chi connectivity index (χ3v) is 8.03. The van der Waals surface area contributed by atoms with Crippen molar-refractivity contribution in [3.8, 4) is 0 Å². The maximum absolute atomic E-state index is 13.3. The van der Waals surface area contributed by atoms with Crippen LogP contribution in [-0.4, -0.2) is 76.1 Å². The first kappa shape index (κ1) is 22.4. The fourth-order valence-electron chi connectivity index (χ4n) is 5.36. The van der Waals surface area contributed by atoms with Crippen LogP contribution in [0, 0.1) is 11.3 Å². The Bertz CT molecular complexity index is 1080. The van der Waals surface area contributed by atoms with Crippen molar-refractivity contribution < 1.29 is 14.3 Å². The number of likely N-dealkylation sites (tertiary alicyclic amines) is 2. The lowest BCUT2D eigenvalue weighted by Gasteiger charge is -2.61. The predicted octanol–water partition coefficient (Wildman–Crippen LogP) is 3.55. The molecule has 0 aliphatic carbocycles. The molecule has 1 spiro atoms. The number of aryl methyl sites for hydroxylation is 1. The molecule has 8 nitrogen and oxygen atoms in total. The van der Waals surface area contributed by atoms with Crippen LogP contribution in [0.4, 0.5) is 10.6 Å². The van der Waals surface area contributed by atoms with Gasteiger partial charge < -0.3 is 14.5 Å². The summed E-state index contributed by atoms with van der Waals surface area (Å²) in [4.78, 5) is 43.2. The lowest BCUT2D eigenvalue weighted by Crippen LogP contribution is -2.74. The van der Waals surface area contributed by atoms with Crippen molar-refractivity contribution in [3.63, 3.8) is 0 Å². The number of rotatable bonds is 3. The number of fused-ring (bicyclic) bond motifs is 1. The molecule has 0 N–H and O–H groups in total. The summed E-state index contributed by atoms with van der Waals surface area (Å²) in [5, 5.41) is 1.13. The minimum atomic E-state index is -0.570. The molecule has 0 bridgehead atoms. The average Bonchev–Trinajstić information content (AvgIpc) is 3.27. The molecule has 3 aliphatic rings. The molecule has 5 heterocycles. The maximum Gasteiger partial charge on any atom is 0.410 e. The number of amides is 2. The van der Waals surface area contributed by atoms with E-state index in [0.29, 0.717) is 18.9 Å². The summed E-state index contributed by atoms with van der Waals surface area (Å²) in [6.07, 6.45) is 2.97. The van der Waals surface area contributed by atoms with Crippen molar-refractivity contribution in [2.75, 3.05) is 37.6 Å². The quantitative estimate of drug-likeness (QED) is 0.681. The Labute approximate surface area is 198 Å². The first-order valence-electron chi connectivity index (χ1n) is 11.8. The number of anilines is 1. The van der Waals surface area contributed by atoms with Crippen molar-refractivity contribution in [2.45, 2.75) is 59.1 Å². The van der Waals surface area contributed by atoms with Crippen molar-refractivity contribution in [1.82, 2.24) is 19.8 Å². The highest BCUT2D eigenvalue weighted by molar-refractivity contribution is 7.18. The molecule has 0 unspecified atom stereocenters. The largest absolute Gasteiger partial charge is 0.444 e. The highest BCUT2D eigenvalue weighted by Gasteiger charge is 2.55. The SMILES string of the molecule is CCc1cc2c(N3CC4(CN(C(=O)[C@@H]5C[C@H](C)CN5C(=O)OC(C)(C)C)C4)C3)ncnc2s1. The van der Waals surface area contributed by atoms with Gasteiger partial charge in [0.25, 0.3) is 0 Å². The Morgan fingerprint density at radius 2 is 1.94 bits per heavy atom. The molecule has 2 amide bonds. The van der Waals surface area contributed by atoms with Crippen LogP contribution in [-0.2, 0) is 16.0 Å². The smallest absolute Gasteiger partial charge is 0.410 e. The van der Waals surface area contributed by atoms with Gasteiger partial charge in [-0.3, -0.25) is 9.69 Å². The number of hydrogen-bond acceptors (Lipinski definition) is 7. The van der Waals surface area contributed by atoms with E-state index in [1.54, 1.807) is 22.6 Å². The maximum atomic E-state index is 13.3.